The maximum absolute atomic E-state index is 14.2. The van der Waals surface area contributed by atoms with E-state index in [9.17, 15) is 22.4 Å². The molecule has 156 valence electrons. The van der Waals surface area contributed by atoms with Crippen molar-refractivity contribution in [3.63, 3.8) is 0 Å². The number of methoxy groups -OCH3 is 1. The van der Waals surface area contributed by atoms with Crippen LogP contribution in [0, 0.1) is 11.7 Å². The van der Waals surface area contributed by atoms with E-state index in [0.29, 0.717) is 23.4 Å². The van der Waals surface area contributed by atoms with Crippen molar-refractivity contribution < 1.29 is 31.8 Å². The molecule has 9 heteroatoms. The zero-order valence-electron chi connectivity index (χ0n) is 15.8. The van der Waals surface area contributed by atoms with Gasteiger partial charge in [-0.3, -0.25) is 9.78 Å². The number of halogens is 4. The maximum atomic E-state index is 14.2. The number of amides is 1. The number of aromatic nitrogens is 1. The van der Waals surface area contributed by atoms with Crippen molar-refractivity contribution in [2.45, 2.75) is 31.5 Å². The standard InChI is InChI=1S/C20H20F4N2O3/c1-11(18-6-4-13(9-25-18)29-10-20(22,23)24)26-19(27)16-8-15(16)14-5-3-12(28-2)7-17(14)21/h3-7,9,11,15-16H,8,10H2,1-2H3,(H,26,27)/t11-,15-,16+/m0/s1. The topological polar surface area (TPSA) is 60.5 Å². The summed E-state index contributed by atoms with van der Waals surface area (Å²) >= 11 is 0. The molecule has 1 N–H and O–H groups in total. The number of rotatable bonds is 7. The number of hydrogen-bond acceptors (Lipinski definition) is 4. The second-order valence-electron chi connectivity index (χ2n) is 6.89. The second-order valence-corrected chi connectivity index (χ2v) is 6.89. The Kier molecular flexibility index (Phi) is 5.95. The Balaban J connectivity index is 1.55. The molecule has 0 spiro atoms. The number of pyridine rings is 1. The lowest BCUT2D eigenvalue weighted by Gasteiger charge is -2.14. The van der Waals surface area contributed by atoms with Gasteiger partial charge in [-0.05, 0) is 43.0 Å². The third kappa shape index (κ3) is 5.36. The number of hydrogen-bond donors (Lipinski definition) is 1. The molecule has 1 aromatic carbocycles. The molecule has 1 fully saturated rings. The van der Waals surface area contributed by atoms with Gasteiger partial charge in [0.25, 0.3) is 0 Å². The van der Waals surface area contributed by atoms with Crippen molar-refractivity contribution in [3.05, 3.63) is 53.6 Å². The van der Waals surface area contributed by atoms with Crippen LogP contribution in [0.15, 0.2) is 36.5 Å². The molecule has 3 rings (SSSR count). The number of ether oxygens (including phenoxy) is 2. The van der Waals surface area contributed by atoms with E-state index < -0.39 is 24.6 Å². The number of alkyl halides is 3. The van der Waals surface area contributed by atoms with Crippen LogP contribution in [0.4, 0.5) is 17.6 Å². The van der Waals surface area contributed by atoms with E-state index >= 15 is 0 Å². The highest BCUT2D eigenvalue weighted by Gasteiger charge is 2.45. The van der Waals surface area contributed by atoms with E-state index in [4.69, 9.17) is 4.74 Å². The summed E-state index contributed by atoms with van der Waals surface area (Å²) in [6.45, 7) is 0.313. The molecule has 0 bridgehead atoms. The van der Waals surface area contributed by atoms with Crippen LogP contribution in [0.1, 0.15) is 36.6 Å². The van der Waals surface area contributed by atoms with Crippen LogP contribution in [0.5, 0.6) is 11.5 Å². The Morgan fingerprint density at radius 1 is 1.28 bits per heavy atom. The summed E-state index contributed by atoms with van der Waals surface area (Å²) in [7, 11) is 1.45. The minimum absolute atomic E-state index is 0.0122. The van der Waals surface area contributed by atoms with Crippen molar-refractivity contribution in [2.75, 3.05) is 13.7 Å². The molecule has 1 saturated carbocycles. The van der Waals surface area contributed by atoms with Gasteiger partial charge in [0.2, 0.25) is 5.91 Å². The van der Waals surface area contributed by atoms with Gasteiger partial charge in [-0.25, -0.2) is 4.39 Å². The molecular formula is C20H20F4N2O3. The molecule has 0 aliphatic heterocycles. The quantitative estimate of drug-likeness (QED) is 0.694. The minimum atomic E-state index is -4.43. The molecule has 2 aromatic rings. The highest BCUT2D eigenvalue weighted by molar-refractivity contribution is 5.83. The molecule has 5 nitrogen and oxygen atoms in total. The third-order valence-electron chi connectivity index (χ3n) is 4.70. The summed E-state index contributed by atoms with van der Waals surface area (Å²) in [6.07, 6.45) is -2.71. The van der Waals surface area contributed by atoms with Crippen molar-refractivity contribution >= 4 is 5.91 Å². The van der Waals surface area contributed by atoms with Crippen molar-refractivity contribution in [3.8, 4) is 11.5 Å². The van der Waals surface area contributed by atoms with Gasteiger partial charge < -0.3 is 14.8 Å². The van der Waals surface area contributed by atoms with E-state index in [1.54, 1.807) is 19.1 Å². The first-order valence-corrected chi connectivity index (χ1v) is 8.97. The number of carbonyl (C=O) groups excluding carboxylic acids is 1. The van der Waals surface area contributed by atoms with Crippen LogP contribution in [-0.4, -0.2) is 30.8 Å². The Hall–Kier alpha value is -2.84. The largest absolute Gasteiger partial charge is 0.497 e. The van der Waals surface area contributed by atoms with Crippen molar-refractivity contribution in [2.24, 2.45) is 5.92 Å². The van der Waals surface area contributed by atoms with E-state index in [-0.39, 0.29) is 23.5 Å². The molecule has 1 heterocycles. The summed E-state index contributed by atoms with van der Waals surface area (Å²) in [6, 6.07) is 6.96. The molecule has 0 unspecified atom stereocenters. The molecule has 1 aromatic heterocycles. The average molecular weight is 412 g/mol. The predicted octanol–water partition coefficient (Wildman–Crippen LogP) is 4.15. The fourth-order valence-corrected chi connectivity index (χ4v) is 3.06. The van der Waals surface area contributed by atoms with Crippen LogP contribution in [0.25, 0.3) is 0 Å². The van der Waals surface area contributed by atoms with Gasteiger partial charge in [-0.1, -0.05) is 6.07 Å². The van der Waals surface area contributed by atoms with Gasteiger partial charge >= 0.3 is 6.18 Å². The average Bonchev–Trinajstić information content (AvgIpc) is 3.46. The molecule has 0 saturated heterocycles. The van der Waals surface area contributed by atoms with Crippen LogP contribution in [0.2, 0.25) is 0 Å². The van der Waals surface area contributed by atoms with Crippen LogP contribution in [-0.2, 0) is 4.79 Å². The highest BCUT2D eigenvalue weighted by atomic mass is 19.4. The monoisotopic (exact) mass is 412 g/mol. The summed E-state index contributed by atoms with van der Waals surface area (Å²) in [5.41, 5.74) is 0.952. The number of benzene rings is 1. The Morgan fingerprint density at radius 3 is 2.59 bits per heavy atom. The Labute approximate surface area is 165 Å². The Bertz CT molecular complexity index is 871. The molecule has 3 atom stereocenters. The fraction of sp³-hybridized carbons (Fsp3) is 0.400. The number of nitrogens with zero attached hydrogens (tertiary/aromatic N) is 1. The van der Waals surface area contributed by atoms with Crippen LogP contribution < -0.4 is 14.8 Å². The Morgan fingerprint density at radius 2 is 2.00 bits per heavy atom. The van der Waals surface area contributed by atoms with E-state index in [2.05, 4.69) is 15.0 Å². The fourth-order valence-electron chi connectivity index (χ4n) is 3.06. The third-order valence-corrected chi connectivity index (χ3v) is 4.70. The lowest BCUT2D eigenvalue weighted by molar-refractivity contribution is -0.153. The molecule has 0 radical (unpaired) electrons. The normalized spacial score (nSPS) is 19.4. The molecule has 1 amide bonds. The predicted molar refractivity (Wildman–Crippen MR) is 96.1 cm³/mol. The first-order chi connectivity index (χ1) is 13.7. The number of nitrogens with one attached hydrogen (secondary N) is 1. The van der Waals surface area contributed by atoms with E-state index in [1.165, 1.54) is 31.5 Å². The summed E-state index contributed by atoms with van der Waals surface area (Å²) in [4.78, 5) is 16.5. The van der Waals surface area contributed by atoms with Crippen molar-refractivity contribution in [1.82, 2.24) is 10.3 Å². The minimum Gasteiger partial charge on any atom is -0.497 e. The summed E-state index contributed by atoms with van der Waals surface area (Å²) < 4.78 is 60.2. The lowest BCUT2D eigenvalue weighted by atomic mass is 10.1. The van der Waals surface area contributed by atoms with Crippen molar-refractivity contribution in [1.29, 1.82) is 0 Å². The van der Waals surface area contributed by atoms with Crippen LogP contribution in [0.3, 0.4) is 0 Å². The first-order valence-electron chi connectivity index (χ1n) is 8.97. The molecular weight excluding hydrogens is 392 g/mol. The first kappa shape index (κ1) is 20.9. The SMILES string of the molecule is COc1ccc([C@@H]2C[C@H]2C(=O)N[C@@H](C)c2ccc(OCC(F)(F)F)cn2)c(F)c1. The summed E-state index contributed by atoms with van der Waals surface area (Å²) in [5, 5.41) is 2.81. The van der Waals surface area contributed by atoms with Gasteiger partial charge in [-0.2, -0.15) is 13.2 Å². The lowest BCUT2D eigenvalue weighted by Crippen LogP contribution is -2.29. The van der Waals surface area contributed by atoms with E-state index in [0.717, 1.165) is 0 Å². The smallest absolute Gasteiger partial charge is 0.422 e. The molecule has 29 heavy (non-hydrogen) atoms. The van der Waals surface area contributed by atoms with Gasteiger partial charge in [0, 0.05) is 12.0 Å². The zero-order valence-corrected chi connectivity index (χ0v) is 15.8. The number of carbonyl (C=O) groups is 1. The van der Waals surface area contributed by atoms with E-state index in [1.807, 2.05) is 0 Å². The summed E-state index contributed by atoms with van der Waals surface area (Å²) in [5.74, 6) is -0.767. The highest BCUT2D eigenvalue weighted by Crippen LogP contribution is 2.49. The zero-order chi connectivity index (χ0) is 21.2. The molecule has 1 aliphatic carbocycles. The van der Waals surface area contributed by atoms with Crippen LogP contribution >= 0.6 is 0 Å². The van der Waals surface area contributed by atoms with Gasteiger partial charge in [0.1, 0.15) is 17.3 Å². The second kappa shape index (κ2) is 8.26. The van der Waals surface area contributed by atoms with Gasteiger partial charge in [-0.15, -0.1) is 0 Å². The van der Waals surface area contributed by atoms with Gasteiger partial charge in [0.15, 0.2) is 6.61 Å². The van der Waals surface area contributed by atoms with Gasteiger partial charge in [0.05, 0.1) is 25.0 Å². The molecule has 1 aliphatic rings. The maximum Gasteiger partial charge on any atom is 0.422 e.